The summed E-state index contributed by atoms with van der Waals surface area (Å²) in [4.78, 5) is 2.59. The summed E-state index contributed by atoms with van der Waals surface area (Å²) in [6, 6.07) is 6.60. The summed E-state index contributed by atoms with van der Waals surface area (Å²) in [5.41, 5.74) is 2.58. The molecule has 0 heterocycles. The van der Waals surface area contributed by atoms with Crippen molar-refractivity contribution in [2.24, 2.45) is 17.8 Å². The minimum absolute atomic E-state index is 0.505. The number of aromatic hydroxyl groups is 1. The van der Waals surface area contributed by atoms with Gasteiger partial charge in [0.25, 0.3) is 0 Å². The van der Waals surface area contributed by atoms with Crippen molar-refractivity contribution in [3.8, 4) is 5.75 Å². The zero-order valence-corrected chi connectivity index (χ0v) is 13.1. The van der Waals surface area contributed by atoms with Crippen LogP contribution in [0.15, 0.2) is 18.2 Å². The highest BCUT2D eigenvalue weighted by atomic mass is 16.3. The number of fused-ring (bicyclic) bond motifs is 3. The Bertz CT molecular complexity index is 526. The molecule has 4 unspecified atom stereocenters. The third-order valence-electron chi connectivity index (χ3n) is 6.39. The summed E-state index contributed by atoms with van der Waals surface area (Å²) in [5, 5.41) is 10.1. The van der Waals surface area contributed by atoms with Crippen LogP contribution in [0, 0.1) is 17.8 Å². The van der Waals surface area contributed by atoms with Crippen LogP contribution >= 0.6 is 0 Å². The molecule has 3 aliphatic carbocycles. The molecular weight excluding hydrogens is 258 g/mol. The standard InChI is InChI=1S/C19H27NO/c1-20(12-15-11-13-8-9-14(15)10-13)18-6-2-5-17-16(18)4-3-7-19(17)21/h3-4,7,13-15,18,21H,2,5-6,8-12H2,1H3. The van der Waals surface area contributed by atoms with Crippen LogP contribution in [-0.4, -0.2) is 23.6 Å². The maximum atomic E-state index is 10.1. The average molecular weight is 285 g/mol. The van der Waals surface area contributed by atoms with Gasteiger partial charge in [-0.3, -0.25) is 4.90 Å². The summed E-state index contributed by atoms with van der Waals surface area (Å²) < 4.78 is 0. The maximum absolute atomic E-state index is 10.1. The Morgan fingerprint density at radius 3 is 2.86 bits per heavy atom. The van der Waals surface area contributed by atoms with Crippen molar-refractivity contribution >= 4 is 0 Å². The van der Waals surface area contributed by atoms with E-state index in [-0.39, 0.29) is 0 Å². The fraction of sp³-hybridized carbons (Fsp3) is 0.684. The molecule has 2 nitrogen and oxygen atoms in total. The summed E-state index contributed by atoms with van der Waals surface area (Å²) >= 11 is 0. The van der Waals surface area contributed by atoms with Gasteiger partial charge < -0.3 is 5.11 Å². The normalized spacial score (nSPS) is 34.4. The molecule has 4 atom stereocenters. The van der Waals surface area contributed by atoms with Gasteiger partial charge in [-0.15, -0.1) is 0 Å². The molecule has 1 aromatic rings. The lowest BCUT2D eigenvalue weighted by molar-refractivity contribution is 0.159. The Labute approximate surface area is 128 Å². The molecule has 0 aromatic heterocycles. The summed E-state index contributed by atoms with van der Waals surface area (Å²) in [5.74, 6) is 3.47. The number of phenolic OH excluding ortho intramolecular Hbond substituents is 1. The van der Waals surface area contributed by atoms with Crippen molar-refractivity contribution in [2.75, 3.05) is 13.6 Å². The van der Waals surface area contributed by atoms with Gasteiger partial charge in [-0.2, -0.15) is 0 Å². The number of hydrogen-bond acceptors (Lipinski definition) is 2. The predicted molar refractivity (Wildman–Crippen MR) is 85.4 cm³/mol. The van der Waals surface area contributed by atoms with Gasteiger partial charge in [0.15, 0.2) is 0 Å². The minimum atomic E-state index is 0.505. The van der Waals surface area contributed by atoms with Crippen LogP contribution in [0.2, 0.25) is 0 Å². The highest BCUT2D eigenvalue weighted by Crippen LogP contribution is 2.49. The SMILES string of the molecule is CN(CC1CC2CCC1C2)C1CCCc2c(O)cccc21. The lowest BCUT2D eigenvalue weighted by atomic mass is 9.84. The number of rotatable bonds is 3. The van der Waals surface area contributed by atoms with Gasteiger partial charge in [-0.05, 0) is 80.5 Å². The fourth-order valence-corrected chi connectivity index (χ4v) is 5.36. The molecule has 114 valence electrons. The molecule has 21 heavy (non-hydrogen) atoms. The molecular formula is C19H27NO. The largest absolute Gasteiger partial charge is 0.508 e. The second-order valence-corrected chi connectivity index (χ2v) is 7.63. The van der Waals surface area contributed by atoms with Gasteiger partial charge in [0.1, 0.15) is 5.75 Å². The van der Waals surface area contributed by atoms with E-state index in [1.54, 1.807) is 0 Å². The van der Waals surface area contributed by atoms with Crippen molar-refractivity contribution in [1.29, 1.82) is 0 Å². The number of hydrogen-bond donors (Lipinski definition) is 1. The van der Waals surface area contributed by atoms with Crippen LogP contribution in [0.4, 0.5) is 0 Å². The van der Waals surface area contributed by atoms with Crippen LogP contribution in [-0.2, 0) is 6.42 Å². The Kier molecular flexibility index (Phi) is 3.45. The first-order valence-electron chi connectivity index (χ1n) is 8.73. The van der Waals surface area contributed by atoms with Crippen LogP contribution in [0.1, 0.15) is 55.7 Å². The molecule has 0 aliphatic heterocycles. The van der Waals surface area contributed by atoms with E-state index in [2.05, 4.69) is 18.0 Å². The van der Waals surface area contributed by atoms with Gasteiger partial charge in [0.05, 0.1) is 0 Å². The molecule has 2 fully saturated rings. The number of phenols is 1. The van der Waals surface area contributed by atoms with E-state index in [0.29, 0.717) is 11.8 Å². The monoisotopic (exact) mass is 285 g/mol. The van der Waals surface area contributed by atoms with Crippen molar-refractivity contribution in [3.05, 3.63) is 29.3 Å². The van der Waals surface area contributed by atoms with E-state index >= 15 is 0 Å². The Morgan fingerprint density at radius 2 is 2.10 bits per heavy atom. The molecule has 1 aromatic carbocycles. The number of nitrogens with zero attached hydrogens (tertiary/aromatic N) is 1. The summed E-state index contributed by atoms with van der Waals surface area (Å²) in [7, 11) is 2.30. The van der Waals surface area contributed by atoms with Crippen molar-refractivity contribution in [1.82, 2.24) is 4.90 Å². The third-order valence-corrected chi connectivity index (χ3v) is 6.39. The van der Waals surface area contributed by atoms with Gasteiger partial charge in [0.2, 0.25) is 0 Å². The minimum Gasteiger partial charge on any atom is -0.508 e. The molecule has 2 heteroatoms. The molecule has 1 N–H and O–H groups in total. The first-order valence-corrected chi connectivity index (χ1v) is 8.73. The lowest BCUT2D eigenvalue weighted by Gasteiger charge is -2.36. The van der Waals surface area contributed by atoms with E-state index < -0.39 is 0 Å². The smallest absolute Gasteiger partial charge is 0.119 e. The first-order chi connectivity index (χ1) is 10.2. The van der Waals surface area contributed by atoms with Crippen molar-refractivity contribution < 1.29 is 5.11 Å². The predicted octanol–water partition coefficient (Wildman–Crippen LogP) is 4.14. The zero-order valence-electron chi connectivity index (χ0n) is 13.1. The highest BCUT2D eigenvalue weighted by Gasteiger charge is 2.40. The first kappa shape index (κ1) is 13.6. The van der Waals surface area contributed by atoms with E-state index in [4.69, 9.17) is 0 Å². The summed E-state index contributed by atoms with van der Waals surface area (Å²) in [6.07, 6.45) is 9.43. The maximum Gasteiger partial charge on any atom is 0.119 e. The molecule has 2 saturated carbocycles. The van der Waals surface area contributed by atoms with Gasteiger partial charge in [-0.1, -0.05) is 18.6 Å². The van der Waals surface area contributed by atoms with Crippen LogP contribution in [0.5, 0.6) is 5.75 Å². The quantitative estimate of drug-likeness (QED) is 0.902. The van der Waals surface area contributed by atoms with E-state index in [1.807, 2.05) is 12.1 Å². The van der Waals surface area contributed by atoms with Gasteiger partial charge >= 0.3 is 0 Å². The van der Waals surface area contributed by atoms with Crippen LogP contribution < -0.4 is 0 Å². The lowest BCUT2D eigenvalue weighted by Crippen LogP contribution is -2.33. The topological polar surface area (TPSA) is 23.5 Å². The molecule has 0 amide bonds. The van der Waals surface area contributed by atoms with Crippen LogP contribution in [0.3, 0.4) is 0 Å². The number of benzene rings is 1. The van der Waals surface area contributed by atoms with E-state index in [1.165, 1.54) is 56.2 Å². The molecule has 0 spiro atoms. The zero-order chi connectivity index (χ0) is 14.4. The highest BCUT2D eigenvalue weighted by molar-refractivity contribution is 5.42. The van der Waals surface area contributed by atoms with Crippen LogP contribution in [0.25, 0.3) is 0 Å². The molecule has 0 saturated heterocycles. The van der Waals surface area contributed by atoms with Gasteiger partial charge in [0, 0.05) is 12.6 Å². The Hall–Kier alpha value is -1.02. The summed E-state index contributed by atoms with van der Waals surface area (Å²) in [6.45, 7) is 1.25. The second kappa shape index (κ2) is 5.31. The fourth-order valence-electron chi connectivity index (χ4n) is 5.36. The van der Waals surface area contributed by atoms with E-state index in [0.717, 1.165) is 24.2 Å². The second-order valence-electron chi connectivity index (χ2n) is 7.63. The van der Waals surface area contributed by atoms with Gasteiger partial charge in [-0.25, -0.2) is 0 Å². The van der Waals surface area contributed by atoms with E-state index in [9.17, 15) is 5.11 Å². The molecule has 0 radical (unpaired) electrons. The third kappa shape index (κ3) is 2.38. The van der Waals surface area contributed by atoms with Crippen molar-refractivity contribution in [3.63, 3.8) is 0 Å². The average Bonchev–Trinajstić information content (AvgIpc) is 3.10. The molecule has 2 bridgehead atoms. The molecule has 4 rings (SSSR count). The Morgan fingerprint density at radius 1 is 1.19 bits per heavy atom. The Balaban J connectivity index is 1.51. The van der Waals surface area contributed by atoms with Crippen molar-refractivity contribution in [2.45, 2.75) is 51.0 Å². The molecule has 3 aliphatic rings.